The summed E-state index contributed by atoms with van der Waals surface area (Å²) < 4.78 is 6.30. The number of phenolic OH excluding ortho intramolecular Hbond substituents is 1. The van der Waals surface area contributed by atoms with Crippen LogP contribution in [0.1, 0.15) is 44.4 Å². The summed E-state index contributed by atoms with van der Waals surface area (Å²) in [5, 5.41) is 12.6. The van der Waals surface area contributed by atoms with Gasteiger partial charge in [-0.2, -0.15) is 9.97 Å². The van der Waals surface area contributed by atoms with Gasteiger partial charge in [0.25, 0.3) is 0 Å². The van der Waals surface area contributed by atoms with E-state index < -0.39 is 0 Å². The van der Waals surface area contributed by atoms with Crippen molar-refractivity contribution in [2.75, 3.05) is 62.2 Å². The minimum atomic E-state index is -0.0282. The molecule has 3 heterocycles. The van der Waals surface area contributed by atoms with Gasteiger partial charge in [-0.15, -0.1) is 0 Å². The smallest absolute Gasteiger partial charge is 0.318 e. The first kappa shape index (κ1) is 29.2. The molecule has 9 heteroatoms. The highest BCUT2D eigenvalue weighted by Crippen LogP contribution is 2.36. The highest BCUT2D eigenvalue weighted by Gasteiger charge is 2.30. The van der Waals surface area contributed by atoms with Crippen LogP contribution in [0.25, 0.3) is 10.8 Å². The Morgan fingerprint density at radius 3 is 2.67 bits per heavy atom. The van der Waals surface area contributed by atoms with E-state index in [9.17, 15) is 9.90 Å². The SMILES string of the molecule is C=CC(=O)N1CCN(c2nc(OCCN(CC)C3CCC(C)C3)nc3c2CCN(c2cc(O)cc4ccccc24)C3)CC1. The van der Waals surface area contributed by atoms with Gasteiger partial charge in [-0.25, -0.2) is 0 Å². The summed E-state index contributed by atoms with van der Waals surface area (Å²) in [4.78, 5) is 31.1. The van der Waals surface area contributed by atoms with Crippen molar-refractivity contribution in [2.45, 2.75) is 52.1 Å². The number of rotatable bonds is 9. The molecule has 2 aromatic carbocycles. The second-order valence-corrected chi connectivity index (χ2v) is 12.2. The van der Waals surface area contributed by atoms with E-state index in [1.165, 1.54) is 25.3 Å². The van der Waals surface area contributed by atoms with Crippen LogP contribution in [0.2, 0.25) is 0 Å². The van der Waals surface area contributed by atoms with Gasteiger partial charge in [0.1, 0.15) is 18.2 Å². The zero-order chi connectivity index (χ0) is 29.9. The van der Waals surface area contributed by atoms with E-state index in [1.807, 2.05) is 35.2 Å². The molecule has 2 aliphatic heterocycles. The molecule has 6 rings (SSSR count). The van der Waals surface area contributed by atoms with Crippen molar-refractivity contribution in [1.29, 1.82) is 0 Å². The Balaban J connectivity index is 1.26. The number of anilines is 2. The fourth-order valence-corrected chi connectivity index (χ4v) is 7.09. The molecule has 43 heavy (non-hydrogen) atoms. The summed E-state index contributed by atoms with van der Waals surface area (Å²) in [5.74, 6) is 1.94. The Morgan fingerprint density at radius 1 is 1.12 bits per heavy atom. The van der Waals surface area contributed by atoms with Gasteiger partial charge < -0.3 is 24.5 Å². The number of nitrogens with zero attached hydrogens (tertiary/aromatic N) is 6. The molecule has 2 atom stereocenters. The van der Waals surface area contributed by atoms with Gasteiger partial charge in [0.2, 0.25) is 5.91 Å². The molecule has 228 valence electrons. The number of ether oxygens (including phenoxy) is 1. The number of aromatic nitrogens is 2. The van der Waals surface area contributed by atoms with Crippen LogP contribution in [-0.4, -0.2) is 89.2 Å². The molecule has 3 aromatic rings. The lowest BCUT2D eigenvalue weighted by atomic mass is 10.0. The number of benzene rings is 2. The summed E-state index contributed by atoms with van der Waals surface area (Å²) in [5.41, 5.74) is 3.11. The molecule has 1 aromatic heterocycles. The van der Waals surface area contributed by atoms with Gasteiger partial charge in [0.15, 0.2) is 0 Å². The third-order valence-electron chi connectivity index (χ3n) is 9.45. The van der Waals surface area contributed by atoms with Crippen LogP contribution < -0.4 is 14.5 Å². The Bertz CT molecular complexity index is 1470. The van der Waals surface area contributed by atoms with Gasteiger partial charge in [0.05, 0.1) is 12.2 Å². The summed E-state index contributed by atoms with van der Waals surface area (Å²) in [6, 6.07) is 12.9. The molecular formula is C34H44N6O3. The molecule has 1 N–H and O–H groups in total. The summed E-state index contributed by atoms with van der Waals surface area (Å²) in [7, 11) is 0. The Kier molecular flexibility index (Phi) is 8.70. The van der Waals surface area contributed by atoms with Crippen molar-refractivity contribution in [2.24, 2.45) is 5.92 Å². The van der Waals surface area contributed by atoms with Crippen LogP contribution in [0.3, 0.4) is 0 Å². The molecule has 0 radical (unpaired) electrons. The highest BCUT2D eigenvalue weighted by molar-refractivity contribution is 5.95. The van der Waals surface area contributed by atoms with E-state index >= 15 is 0 Å². The highest BCUT2D eigenvalue weighted by atomic mass is 16.5. The fourth-order valence-electron chi connectivity index (χ4n) is 7.09. The molecule has 1 aliphatic carbocycles. The first-order valence-electron chi connectivity index (χ1n) is 15.8. The number of carbonyl (C=O) groups excluding carboxylic acids is 1. The van der Waals surface area contributed by atoms with Crippen LogP contribution >= 0.6 is 0 Å². The lowest BCUT2D eigenvalue weighted by Gasteiger charge is -2.38. The quantitative estimate of drug-likeness (QED) is 0.365. The predicted octanol–water partition coefficient (Wildman–Crippen LogP) is 4.62. The van der Waals surface area contributed by atoms with Crippen LogP contribution in [0.15, 0.2) is 49.1 Å². The number of aromatic hydroxyl groups is 1. The van der Waals surface area contributed by atoms with Gasteiger partial charge in [-0.3, -0.25) is 9.69 Å². The lowest BCUT2D eigenvalue weighted by molar-refractivity contribution is -0.126. The fraction of sp³-hybridized carbons (Fsp3) is 0.500. The summed E-state index contributed by atoms with van der Waals surface area (Å²) in [6.07, 6.45) is 5.99. The maximum atomic E-state index is 12.2. The molecule has 9 nitrogen and oxygen atoms in total. The number of fused-ring (bicyclic) bond motifs is 2. The molecule has 0 bridgehead atoms. The second kappa shape index (κ2) is 12.8. The van der Waals surface area contributed by atoms with E-state index in [0.717, 1.165) is 65.5 Å². The van der Waals surface area contributed by atoms with Crippen molar-refractivity contribution < 1.29 is 14.6 Å². The van der Waals surface area contributed by atoms with E-state index in [2.05, 4.69) is 41.2 Å². The predicted molar refractivity (Wildman–Crippen MR) is 171 cm³/mol. The molecule has 1 saturated carbocycles. The molecule has 2 fully saturated rings. The number of amides is 1. The zero-order valence-electron chi connectivity index (χ0n) is 25.5. The van der Waals surface area contributed by atoms with E-state index in [4.69, 9.17) is 14.7 Å². The van der Waals surface area contributed by atoms with Crippen LogP contribution in [-0.2, 0) is 17.8 Å². The van der Waals surface area contributed by atoms with Gasteiger partial charge >= 0.3 is 6.01 Å². The second-order valence-electron chi connectivity index (χ2n) is 12.2. The van der Waals surface area contributed by atoms with Gasteiger partial charge in [0, 0.05) is 68.0 Å². The number of carbonyl (C=O) groups is 1. The Hall–Kier alpha value is -3.85. The van der Waals surface area contributed by atoms with Gasteiger partial charge in [-0.1, -0.05) is 44.7 Å². The first-order valence-corrected chi connectivity index (χ1v) is 15.8. The lowest BCUT2D eigenvalue weighted by Crippen LogP contribution is -2.49. The molecule has 1 amide bonds. The van der Waals surface area contributed by atoms with E-state index in [1.54, 1.807) is 0 Å². The monoisotopic (exact) mass is 584 g/mol. The molecular weight excluding hydrogens is 540 g/mol. The topological polar surface area (TPSA) is 85.3 Å². The summed E-state index contributed by atoms with van der Waals surface area (Å²) in [6.45, 7) is 14.7. The van der Waals surface area contributed by atoms with E-state index in [0.29, 0.717) is 51.4 Å². The number of likely N-dealkylation sites (N-methyl/N-ethyl adjacent to an activating group) is 1. The first-order chi connectivity index (χ1) is 20.9. The third kappa shape index (κ3) is 6.27. The Morgan fingerprint density at radius 2 is 1.93 bits per heavy atom. The maximum Gasteiger partial charge on any atom is 0.318 e. The number of phenols is 1. The average molecular weight is 585 g/mol. The molecule has 3 aliphatic rings. The van der Waals surface area contributed by atoms with Gasteiger partial charge in [-0.05, 0) is 55.7 Å². The maximum absolute atomic E-state index is 12.2. The van der Waals surface area contributed by atoms with Crippen molar-refractivity contribution >= 4 is 28.2 Å². The van der Waals surface area contributed by atoms with E-state index in [-0.39, 0.29) is 11.7 Å². The molecule has 0 spiro atoms. The van der Waals surface area contributed by atoms with Crippen LogP contribution in [0.4, 0.5) is 11.5 Å². The number of hydrogen-bond acceptors (Lipinski definition) is 8. The van der Waals surface area contributed by atoms with Crippen LogP contribution in [0, 0.1) is 5.92 Å². The minimum Gasteiger partial charge on any atom is -0.508 e. The van der Waals surface area contributed by atoms with Crippen molar-refractivity contribution in [1.82, 2.24) is 19.8 Å². The third-order valence-corrected chi connectivity index (χ3v) is 9.45. The number of piperazine rings is 1. The number of hydrogen-bond donors (Lipinski definition) is 1. The minimum absolute atomic E-state index is 0.0282. The molecule has 2 unspecified atom stereocenters. The van der Waals surface area contributed by atoms with Crippen molar-refractivity contribution in [3.05, 3.63) is 60.3 Å². The normalized spacial score (nSPS) is 20.5. The molecule has 1 saturated heterocycles. The summed E-state index contributed by atoms with van der Waals surface area (Å²) >= 11 is 0. The largest absolute Gasteiger partial charge is 0.508 e. The van der Waals surface area contributed by atoms with Crippen LogP contribution in [0.5, 0.6) is 11.8 Å². The van der Waals surface area contributed by atoms with Crippen molar-refractivity contribution in [3.63, 3.8) is 0 Å². The Labute approximate surface area is 254 Å². The zero-order valence-corrected chi connectivity index (χ0v) is 25.5. The van der Waals surface area contributed by atoms with Crippen molar-refractivity contribution in [3.8, 4) is 11.8 Å². The standard InChI is InChI=1S/C34H44N6O3/c1-4-32(42)38-14-16-39(17-15-38)33-29-12-13-40(31-22-27(41)21-25-8-6-7-9-28(25)31)23-30(29)35-34(36-33)43-19-18-37(5-2)26-11-10-24(3)20-26/h4,6-9,21-22,24,26,41H,1,5,10-20,23H2,2-3H3. The average Bonchev–Trinajstić information content (AvgIpc) is 3.47.